The number of unbranched alkanes of at least 4 members (excludes halogenated alkanes) is 30. The van der Waals surface area contributed by atoms with Gasteiger partial charge < -0.3 is 5.11 Å². The highest BCUT2D eigenvalue weighted by Gasteiger charge is 2.23. The van der Waals surface area contributed by atoms with Crippen molar-refractivity contribution in [3.63, 3.8) is 0 Å². The summed E-state index contributed by atoms with van der Waals surface area (Å²) >= 11 is 0. The predicted octanol–water partition coefficient (Wildman–Crippen LogP) is 13.7. The van der Waals surface area contributed by atoms with Crippen molar-refractivity contribution in [2.45, 2.75) is 251 Å². The molecule has 7 heteroatoms. The van der Waals surface area contributed by atoms with E-state index < -0.39 is 16.1 Å². The Morgan fingerprint density at radius 3 is 0.898 bits per heavy atom. The van der Waals surface area contributed by atoms with Gasteiger partial charge in [-0.2, -0.15) is 8.42 Å². The Balaban J connectivity index is 0. The van der Waals surface area contributed by atoms with Gasteiger partial charge in [-0.3, -0.25) is 14.1 Å². The molecule has 0 fully saturated rings. The summed E-state index contributed by atoms with van der Waals surface area (Å²) in [4.78, 5) is 0. The van der Waals surface area contributed by atoms with E-state index in [2.05, 4.69) is 23.3 Å². The number of hydrogen-bond acceptors (Lipinski definition) is 5. The van der Waals surface area contributed by atoms with Gasteiger partial charge in [0, 0.05) is 0 Å². The van der Waals surface area contributed by atoms with Gasteiger partial charge in [0.1, 0.15) is 5.72 Å². The summed E-state index contributed by atoms with van der Waals surface area (Å²) in [5, 5.41) is 13.8. The van der Waals surface area contributed by atoms with Gasteiger partial charge in [-0.1, -0.05) is 232 Å². The van der Waals surface area contributed by atoms with Crippen molar-refractivity contribution in [3.8, 4) is 0 Å². The van der Waals surface area contributed by atoms with Gasteiger partial charge in [0.25, 0.3) is 0 Å². The largest absolute Gasteiger partial charge is 0.397 e. The van der Waals surface area contributed by atoms with Crippen molar-refractivity contribution in [1.29, 1.82) is 0 Å². The average molecular weight is 720 g/mol. The molecule has 0 saturated heterocycles. The molecule has 3 N–H and O–H groups in total. The number of aliphatic hydroxyl groups is 1. The summed E-state index contributed by atoms with van der Waals surface area (Å²) in [6.45, 7) is 6.57. The van der Waals surface area contributed by atoms with Gasteiger partial charge in [0.05, 0.1) is 7.11 Å². The average Bonchev–Trinajstić information content (AvgIpc) is 3.07. The molecule has 0 saturated carbocycles. The summed E-state index contributed by atoms with van der Waals surface area (Å²) < 4.78 is 29.7. The van der Waals surface area contributed by atoms with Gasteiger partial charge >= 0.3 is 10.4 Å². The van der Waals surface area contributed by atoms with Crippen LogP contribution < -0.4 is 5.32 Å². The molecular weight excluding hydrogens is 631 g/mol. The van der Waals surface area contributed by atoms with Crippen LogP contribution in [0.2, 0.25) is 0 Å². The van der Waals surface area contributed by atoms with E-state index in [1.807, 2.05) is 14.0 Å². The molecule has 1 unspecified atom stereocenters. The van der Waals surface area contributed by atoms with Crippen LogP contribution in [-0.4, -0.2) is 38.0 Å². The summed E-state index contributed by atoms with van der Waals surface area (Å²) in [6.07, 6.45) is 49.4. The van der Waals surface area contributed by atoms with Gasteiger partial charge in [0.15, 0.2) is 0 Å². The molecule has 0 aliphatic carbocycles. The molecule has 0 heterocycles. The Bertz CT molecular complexity index is 695. The van der Waals surface area contributed by atoms with E-state index >= 15 is 0 Å². The molecule has 49 heavy (non-hydrogen) atoms. The molecule has 298 valence electrons. The molecule has 0 spiro atoms. The van der Waals surface area contributed by atoms with Crippen molar-refractivity contribution in [3.05, 3.63) is 0 Å². The van der Waals surface area contributed by atoms with E-state index in [1.54, 1.807) is 0 Å². The number of nitrogens with one attached hydrogen (secondary N) is 1. The lowest BCUT2D eigenvalue weighted by atomic mass is 9.87. The molecule has 0 bridgehead atoms. The monoisotopic (exact) mass is 720 g/mol. The van der Waals surface area contributed by atoms with Gasteiger partial charge in [-0.15, -0.1) is 0 Å². The number of rotatable bonds is 38. The molecule has 0 aromatic rings. The van der Waals surface area contributed by atoms with Crippen LogP contribution in [0.25, 0.3) is 0 Å². The third-order valence-electron chi connectivity index (χ3n) is 10.4. The first-order chi connectivity index (χ1) is 23.6. The van der Waals surface area contributed by atoms with E-state index in [0.717, 1.165) is 13.5 Å². The van der Waals surface area contributed by atoms with E-state index in [1.165, 1.54) is 218 Å². The van der Waals surface area contributed by atoms with Gasteiger partial charge in [-0.25, -0.2) is 0 Å². The molecule has 0 aliphatic rings. The minimum absolute atomic E-state index is 0.667. The topological polar surface area (TPSA) is 95.9 Å². The third-order valence-corrected chi connectivity index (χ3v) is 10.8. The van der Waals surface area contributed by atoms with Crippen LogP contribution in [0.1, 0.15) is 245 Å². The quantitative estimate of drug-likeness (QED) is 0.0334. The highest BCUT2D eigenvalue weighted by atomic mass is 32.3. The zero-order valence-corrected chi connectivity index (χ0v) is 34.7. The molecule has 0 aromatic carbocycles. The first-order valence-electron chi connectivity index (χ1n) is 21.6. The summed E-state index contributed by atoms with van der Waals surface area (Å²) in [6, 6.07) is 0. The minimum Gasteiger partial charge on any atom is -0.376 e. The van der Waals surface area contributed by atoms with E-state index in [9.17, 15) is 13.5 Å². The normalized spacial score (nSPS) is 13.1. The van der Waals surface area contributed by atoms with Crippen LogP contribution >= 0.6 is 0 Å². The second-order valence-electron chi connectivity index (χ2n) is 15.4. The van der Waals surface area contributed by atoms with Crippen LogP contribution in [0.4, 0.5) is 0 Å². The smallest absolute Gasteiger partial charge is 0.376 e. The lowest BCUT2D eigenvalue weighted by Crippen LogP contribution is -2.41. The van der Waals surface area contributed by atoms with Crippen molar-refractivity contribution in [2.75, 3.05) is 14.2 Å². The molecule has 0 radical (unpaired) electrons. The Hall–Kier alpha value is -0.210. The molecular formula is C42H89NO5S. The molecule has 1 atom stereocenters. The molecule has 0 aromatic heterocycles. The van der Waals surface area contributed by atoms with Crippen LogP contribution in [0.5, 0.6) is 0 Å². The van der Waals surface area contributed by atoms with Gasteiger partial charge in [-0.05, 0) is 26.3 Å². The summed E-state index contributed by atoms with van der Waals surface area (Å²) in [5.41, 5.74) is -0.714. The van der Waals surface area contributed by atoms with Crippen molar-refractivity contribution < 1.29 is 22.3 Å². The Morgan fingerprint density at radius 2 is 0.714 bits per heavy atom. The highest BCUT2D eigenvalue weighted by Crippen LogP contribution is 2.26. The third kappa shape index (κ3) is 45.8. The van der Waals surface area contributed by atoms with Crippen molar-refractivity contribution in [2.24, 2.45) is 5.92 Å². The fraction of sp³-hybridized carbons (Fsp3) is 1.00. The second-order valence-corrected chi connectivity index (χ2v) is 16.6. The van der Waals surface area contributed by atoms with Gasteiger partial charge in [0.2, 0.25) is 0 Å². The van der Waals surface area contributed by atoms with Crippen LogP contribution in [0.3, 0.4) is 0 Å². The first-order valence-corrected chi connectivity index (χ1v) is 22.9. The Morgan fingerprint density at radius 1 is 0.510 bits per heavy atom. The summed E-state index contributed by atoms with van der Waals surface area (Å²) in [7, 11) is -1.39. The van der Waals surface area contributed by atoms with Crippen LogP contribution in [0, 0.1) is 5.92 Å². The van der Waals surface area contributed by atoms with E-state index in [-0.39, 0.29) is 0 Å². The fourth-order valence-corrected chi connectivity index (χ4v) is 6.97. The lowest BCUT2D eigenvalue weighted by Gasteiger charge is -2.28. The number of hydrogen-bond donors (Lipinski definition) is 3. The van der Waals surface area contributed by atoms with Crippen molar-refractivity contribution in [1.82, 2.24) is 5.32 Å². The molecule has 0 aliphatic heterocycles. The fourth-order valence-electron chi connectivity index (χ4n) is 6.97. The summed E-state index contributed by atoms with van der Waals surface area (Å²) in [5.74, 6) is 0.667. The highest BCUT2D eigenvalue weighted by molar-refractivity contribution is 7.80. The van der Waals surface area contributed by atoms with E-state index in [4.69, 9.17) is 4.55 Å². The first kappa shape index (κ1) is 50.9. The standard InChI is InChI=1S/C41H85NO.CH4O4S/c1-5-7-9-11-13-15-17-19-21-23-25-27-29-31-33-35-37-40(39-41(3,43)42-4)38-36-34-32-30-28-26-24-22-20-18-16-14-12-10-8-6-2;1-5-6(2,3)4/h40,42-43H,5-39H2,1-4H3;1H3,(H,2,3,4). The molecule has 0 rings (SSSR count). The SMILES string of the molecule is CCCCCCCCCCCCCCCCCCC(CCCCCCCCCCCCCCCCCC)CC(C)(O)NC.COS(=O)(=O)O. The van der Waals surface area contributed by atoms with E-state index in [0.29, 0.717) is 5.92 Å². The maximum atomic E-state index is 10.7. The Labute approximate surface area is 308 Å². The van der Waals surface area contributed by atoms with Crippen molar-refractivity contribution >= 4 is 10.4 Å². The predicted molar refractivity (Wildman–Crippen MR) is 215 cm³/mol. The molecule has 6 nitrogen and oxygen atoms in total. The maximum Gasteiger partial charge on any atom is 0.397 e. The lowest BCUT2D eigenvalue weighted by molar-refractivity contribution is 0.00458. The zero-order chi connectivity index (χ0) is 36.7. The maximum absolute atomic E-state index is 10.7. The zero-order valence-electron chi connectivity index (χ0n) is 33.9. The minimum atomic E-state index is -4.16. The Kier molecular flexibility index (Phi) is 40.5. The second kappa shape index (κ2) is 39.0. The van der Waals surface area contributed by atoms with Crippen LogP contribution in [0.15, 0.2) is 0 Å². The molecule has 0 amide bonds. The van der Waals surface area contributed by atoms with Crippen LogP contribution in [-0.2, 0) is 14.6 Å².